The summed E-state index contributed by atoms with van der Waals surface area (Å²) >= 11 is 1.76. The number of hydrogen-bond acceptors (Lipinski definition) is 4. The molecule has 3 aromatic rings. The van der Waals surface area contributed by atoms with E-state index in [0.717, 1.165) is 31.3 Å². The van der Waals surface area contributed by atoms with Crippen molar-refractivity contribution in [1.82, 2.24) is 9.88 Å². The number of rotatable bonds is 9. The molecule has 0 atom stereocenters. The molecule has 0 aliphatic rings. The van der Waals surface area contributed by atoms with E-state index in [1.807, 2.05) is 32.0 Å². The van der Waals surface area contributed by atoms with Gasteiger partial charge in [-0.05, 0) is 56.0 Å². The van der Waals surface area contributed by atoms with Crippen LogP contribution < -0.4 is 4.90 Å². The van der Waals surface area contributed by atoms with Crippen molar-refractivity contribution in [1.29, 1.82) is 0 Å². The number of aryl methyl sites for hydroxylation is 1. The van der Waals surface area contributed by atoms with Gasteiger partial charge in [-0.1, -0.05) is 24.3 Å². The van der Waals surface area contributed by atoms with Crippen LogP contribution in [0, 0.1) is 0 Å². The second kappa shape index (κ2) is 9.69. The third-order valence-corrected chi connectivity index (χ3v) is 6.03. The molecule has 0 unspecified atom stereocenters. The van der Waals surface area contributed by atoms with Crippen LogP contribution in [0.15, 0.2) is 48.5 Å². The van der Waals surface area contributed by atoms with Gasteiger partial charge in [-0.25, -0.2) is 4.98 Å². The number of unbranched alkanes of at least 4 members (excludes halogenated alkanes) is 1. The highest BCUT2D eigenvalue weighted by atomic mass is 32.1. The summed E-state index contributed by atoms with van der Waals surface area (Å²) in [6.45, 7) is 3.47. The fourth-order valence-electron chi connectivity index (χ4n) is 3.23. The van der Waals surface area contributed by atoms with Crippen molar-refractivity contribution in [2.45, 2.75) is 39.2 Å². The predicted octanol–water partition coefficient (Wildman–Crippen LogP) is 5.12. The molecule has 3 rings (SSSR count). The number of carbonyl (C=O) groups is 1. The van der Waals surface area contributed by atoms with Gasteiger partial charge in [0.15, 0.2) is 0 Å². The van der Waals surface area contributed by atoms with Gasteiger partial charge >= 0.3 is 0 Å². The maximum absolute atomic E-state index is 12.6. The molecule has 5 heteroatoms. The molecule has 1 heterocycles. The van der Waals surface area contributed by atoms with Crippen LogP contribution >= 0.6 is 11.3 Å². The Labute approximate surface area is 171 Å². The molecule has 0 saturated carbocycles. The van der Waals surface area contributed by atoms with Crippen LogP contribution in [0.25, 0.3) is 10.2 Å². The Bertz CT molecular complexity index is 869. The maximum Gasteiger partial charge on any atom is 0.222 e. The molecule has 0 N–H and O–H groups in total. The number of amides is 1. The average Bonchev–Trinajstić information content (AvgIpc) is 3.12. The van der Waals surface area contributed by atoms with Gasteiger partial charge in [0.05, 0.1) is 15.2 Å². The highest BCUT2D eigenvalue weighted by Gasteiger charge is 2.12. The van der Waals surface area contributed by atoms with E-state index in [9.17, 15) is 4.79 Å². The number of carbonyl (C=O) groups excluding carboxylic acids is 1. The Kier molecular flexibility index (Phi) is 7.04. The van der Waals surface area contributed by atoms with Crippen LogP contribution in [0.1, 0.15) is 36.8 Å². The average molecular weight is 396 g/mol. The molecule has 28 heavy (non-hydrogen) atoms. The molecule has 0 radical (unpaired) electrons. The first-order chi connectivity index (χ1) is 13.6. The minimum atomic E-state index is 0.239. The van der Waals surface area contributed by atoms with Crippen LogP contribution in [-0.2, 0) is 17.8 Å². The molecule has 4 nitrogen and oxygen atoms in total. The molecule has 2 aromatic carbocycles. The fraction of sp³-hybridized carbons (Fsp3) is 0.391. The number of nitrogens with zero attached hydrogens (tertiary/aromatic N) is 3. The van der Waals surface area contributed by atoms with E-state index in [4.69, 9.17) is 0 Å². The summed E-state index contributed by atoms with van der Waals surface area (Å²) in [7, 11) is 4.07. The molecule has 0 aliphatic carbocycles. The topological polar surface area (TPSA) is 36.4 Å². The van der Waals surface area contributed by atoms with E-state index in [2.05, 4.69) is 52.3 Å². The summed E-state index contributed by atoms with van der Waals surface area (Å²) < 4.78 is 1.24. The van der Waals surface area contributed by atoms with Crippen LogP contribution in [0.3, 0.4) is 0 Å². The number of benzene rings is 2. The summed E-state index contributed by atoms with van der Waals surface area (Å²) in [6, 6.07) is 16.7. The molecule has 148 valence electrons. The van der Waals surface area contributed by atoms with E-state index in [1.165, 1.54) is 21.0 Å². The van der Waals surface area contributed by atoms with Gasteiger partial charge in [-0.2, -0.15) is 0 Å². The Morgan fingerprint density at radius 2 is 1.79 bits per heavy atom. The lowest BCUT2D eigenvalue weighted by atomic mass is 10.1. The Hall–Kier alpha value is -2.40. The highest BCUT2D eigenvalue weighted by molar-refractivity contribution is 7.18. The Morgan fingerprint density at radius 3 is 2.46 bits per heavy atom. The lowest BCUT2D eigenvalue weighted by Gasteiger charge is -2.21. The van der Waals surface area contributed by atoms with Crippen LogP contribution in [0.5, 0.6) is 0 Å². The van der Waals surface area contributed by atoms with Crippen molar-refractivity contribution in [2.75, 3.05) is 25.5 Å². The van der Waals surface area contributed by atoms with E-state index in [-0.39, 0.29) is 5.91 Å². The van der Waals surface area contributed by atoms with Crippen LogP contribution in [0.4, 0.5) is 5.69 Å². The summed E-state index contributed by atoms with van der Waals surface area (Å²) in [5.74, 6) is 0.239. The normalized spacial score (nSPS) is 11.0. The number of para-hydroxylation sites is 1. The minimum Gasteiger partial charge on any atom is -0.378 e. The largest absolute Gasteiger partial charge is 0.378 e. The van der Waals surface area contributed by atoms with E-state index in [1.54, 1.807) is 11.3 Å². The van der Waals surface area contributed by atoms with Gasteiger partial charge in [0.2, 0.25) is 5.91 Å². The number of thiazole rings is 1. The van der Waals surface area contributed by atoms with Crippen molar-refractivity contribution in [3.05, 3.63) is 59.1 Å². The van der Waals surface area contributed by atoms with E-state index >= 15 is 0 Å². The minimum absolute atomic E-state index is 0.239. The highest BCUT2D eigenvalue weighted by Crippen LogP contribution is 2.23. The smallest absolute Gasteiger partial charge is 0.222 e. The molecule has 0 aliphatic heterocycles. The summed E-state index contributed by atoms with van der Waals surface area (Å²) in [5.41, 5.74) is 3.43. The summed E-state index contributed by atoms with van der Waals surface area (Å²) in [4.78, 5) is 21.3. The number of hydrogen-bond donors (Lipinski definition) is 0. The lowest BCUT2D eigenvalue weighted by Crippen LogP contribution is -2.30. The molecule has 1 aromatic heterocycles. The number of fused-ring (bicyclic) bond motifs is 1. The van der Waals surface area contributed by atoms with Crippen molar-refractivity contribution in [3.63, 3.8) is 0 Å². The zero-order valence-corrected chi connectivity index (χ0v) is 17.8. The van der Waals surface area contributed by atoms with Gasteiger partial charge in [0, 0.05) is 39.3 Å². The van der Waals surface area contributed by atoms with Crippen molar-refractivity contribution in [2.24, 2.45) is 0 Å². The van der Waals surface area contributed by atoms with Crippen molar-refractivity contribution < 1.29 is 4.79 Å². The summed E-state index contributed by atoms with van der Waals surface area (Å²) in [5, 5.41) is 1.17. The quantitative estimate of drug-likeness (QED) is 0.472. The standard InChI is InChI=1S/C23H29N3OS/c1-4-26(17-18-13-15-19(16-14-18)25(2)3)23(27)12-8-7-11-22-24-20-9-5-6-10-21(20)28-22/h5-6,9-10,13-16H,4,7-8,11-12,17H2,1-3H3. The maximum atomic E-state index is 12.6. The lowest BCUT2D eigenvalue weighted by molar-refractivity contribution is -0.131. The Morgan fingerprint density at radius 1 is 1.04 bits per heavy atom. The summed E-state index contributed by atoms with van der Waals surface area (Å²) in [6.07, 6.45) is 3.46. The van der Waals surface area contributed by atoms with Gasteiger partial charge in [0.25, 0.3) is 0 Å². The first kappa shape index (κ1) is 20.3. The Balaban J connectivity index is 1.45. The molecule has 0 bridgehead atoms. The first-order valence-corrected chi connectivity index (χ1v) is 10.8. The number of anilines is 1. The van der Waals surface area contributed by atoms with Crippen LogP contribution in [0.2, 0.25) is 0 Å². The monoisotopic (exact) mass is 395 g/mol. The van der Waals surface area contributed by atoms with Gasteiger partial charge in [-0.15, -0.1) is 11.3 Å². The van der Waals surface area contributed by atoms with Crippen LogP contribution in [-0.4, -0.2) is 36.4 Å². The predicted molar refractivity (Wildman–Crippen MR) is 119 cm³/mol. The molecule has 1 amide bonds. The van der Waals surface area contributed by atoms with E-state index in [0.29, 0.717) is 13.0 Å². The molecule has 0 spiro atoms. The first-order valence-electron chi connectivity index (χ1n) is 9.95. The van der Waals surface area contributed by atoms with E-state index < -0.39 is 0 Å². The third-order valence-electron chi connectivity index (χ3n) is 4.93. The molecular weight excluding hydrogens is 366 g/mol. The molecular formula is C23H29N3OS. The SMILES string of the molecule is CCN(Cc1ccc(N(C)C)cc1)C(=O)CCCCc1nc2ccccc2s1. The molecule has 0 fully saturated rings. The number of aromatic nitrogens is 1. The van der Waals surface area contributed by atoms with Gasteiger partial charge < -0.3 is 9.80 Å². The fourth-order valence-corrected chi connectivity index (χ4v) is 4.24. The third kappa shape index (κ3) is 5.32. The zero-order valence-electron chi connectivity index (χ0n) is 17.0. The van der Waals surface area contributed by atoms with Crippen molar-refractivity contribution >= 4 is 33.1 Å². The zero-order chi connectivity index (χ0) is 19.9. The van der Waals surface area contributed by atoms with Crippen molar-refractivity contribution in [3.8, 4) is 0 Å². The molecule has 0 saturated heterocycles. The van der Waals surface area contributed by atoms with Gasteiger partial charge in [-0.3, -0.25) is 4.79 Å². The van der Waals surface area contributed by atoms with Gasteiger partial charge in [0.1, 0.15) is 0 Å². The second-order valence-corrected chi connectivity index (χ2v) is 8.37. The second-order valence-electron chi connectivity index (χ2n) is 7.25.